The minimum atomic E-state index is -1.98. The van der Waals surface area contributed by atoms with Gasteiger partial charge in [-0.3, -0.25) is 39.6 Å². The first kappa shape index (κ1) is 41.4. The number of carbonyl (C=O) groups is 8. The van der Waals surface area contributed by atoms with Crippen molar-refractivity contribution in [3.63, 3.8) is 0 Å². The van der Waals surface area contributed by atoms with Gasteiger partial charge in [0.15, 0.2) is 21.8 Å². The van der Waals surface area contributed by atoms with Crippen LogP contribution in [0, 0.1) is 10.8 Å². The molecule has 0 saturated carbocycles. The fourth-order valence-corrected chi connectivity index (χ4v) is 6.17. The number of carboxylic acids is 2. The van der Waals surface area contributed by atoms with Crippen LogP contribution in [-0.4, -0.2) is 81.2 Å². The number of carboxylic acid groups (broad SMARTS) is 2. The summed E-state index contributed by atoms with van der Waals surface area (Å²) >= 11 is 2.03. The van der Waals surface area contributed by atoms with Crippen LogP contribution in [0.15, 0.2) is 0 Å². The molecular formula is C26H28N6Na2O10S2. The number of anilines is 2. The SMILES string of the molecule is CN(C(=O)Nc1nc2c(s1)C(=O)CC(C)(C)C2)C(=O)C(=O)[O-].CN(C(=O)Nc1nc2c(s1)C(=O)CC(C)(C)C2)C(=O)C(=O)[O-].[Na+].[Na+]. The molecule has 0 atom stereocenters. The summed E-state index contributed by atoms with van der Waals surface area (Å²) in [6.07, 6.45) is 2.01. The zero-order valence-corrected chi connectivity index (χ0v) is 32.1. The molecule has 46 heavy (non-hydrogen) atoms. The summed E-state index contributed by atoms with van der Waals surface area (Å²) in [4.78, 5) is 101. The van der Waals surface area contributed by atoms with E-state index in [2.05, 4.69) is 20.6 Å². The van der Waals surface area contributed by atoms with Crippen LogP contribution in [0.5, 0.6) is 0 Å². The van der Waals surface area contributed by atoms with Gasteiger partial charge in [-0.2, -0.15) is 0 Å². The number of urea groups is 2. The number of hydrogen-bond donors (Lipinski definition) is 2. The molecule has 6 amide bonds. The molecule has 236 valence electrons. The van der Waals surface area contributed by atoms with Crippen LogP contribution in [0.3, 0.4) is 0 Å². The molecule has 2 aromatic rings. The zero-order chi connectivity index (χ0) is 33.3. The standard InChI is InChI=1S/2C13H15N3O5S.2Na/c2*1-13(2)4-6-8(7(17)5-13)22-11(14-6)15-12(21)16(3)9(18)10(19)20;;/h2*4-5H2,1-3H3,(H,19,20)(H,14,15,21);;/q;;2*+1/p-2. The Balaban J connectivity index is 0.000000441. The number of imide groups is 2. The summed E-state index contributed by atoms with van der Waals surface area (Å²) in [5.41, 5.74) is 0.827. The normalized spacial score (nSPS) is 15.2. The summed E-state index contributed by atoms with van der Waals surface area (Å²) in [5.74, 6) is -6.96. The molecule has 0 unspecified atom stereocenters. The first-order valence-electron chi connectivity index (χ1n) is 12.9. The molecular weight excluding hydrogens is 666 g/mol. The van der Waals surface area contributed by atoms with E-state index in [0.29, 0.717) is 56.6 Å². The molecule has 0 aromatic carbocycles. The van der Waals surface area contributed by atoms with Gasteiger partial charge in [-0.05, 0) is 23.7 Å². The number of nitrogens with one attached hydrogen (secondary N) is 2. The molecule has 2 heterocycles. The van der Waals surface area contributed by atoms with Gasteiger partial charge < -0.3 is 19.8 Å². The monoisotopic (exact) mass is 694 g/mol. The third kappa shape index (κ3) is 10.2. The topological polar surface area (TPSA) is 239 Å². The third-order valence-electron chi connectivity index (χ3n) is 6.47. The molecule has 2 aliphatic carbocycles. The van der Waals surface area contributed by atoms with Crippen LogP contribution in [0.1, 0.15) is 71.3 Å². The van der Waals surface area contributed by atoms with Crippen molar-refractivity contribution in [3.8, 4) is 0 Å². The Labute approximate surface area is 315 Å². The molecule has 0 bridgehead atoms. The molecule has 20 heteroatoms. The fourth-order valence-electron chi connectivity index (χ4n) is 4.36. The maximum atomic E-state index is 12.0. The van der Waals surface area contributed by atoms with E-state index in [0.717, 1.165) is 36.8 Å². The van der Waals surface area contributed by atoms with Crippen LogP contribution in [-0.2, 0) is 32.0 Å². The molecule has 2 aromatic heterocycles. The van der Waals surface area contributed by atoms with Crippen molar-refractivity contribution in [1.82, 2.24) is 19.8 Å². The van der Waals surface area contributed by atoms with Crippen molar-refractivity contribution in [2.75, 3.05) is 24.7 Å². The number of rotatable bonds is 2. The number of ketones is 2. The van der Waals surface area contributed by atoms with Crippen LogP contribution in [0.2, 0.25) is 0 Å². The van der Waals surface area contributed by atoms with Gasteiger partial charge in [0.05, 0.1) is 21.1 Å². The summed E-state index contributed by atoms with van der Waals surface area (Å²) in [5, 5.41) is 25.8. The summed E-state index contributed by atoms with van der Waals surface area (Å²) in [6, 6.07) is -1.90. The molecule has 0 aliphatic heterocycles. The van der Waals surface area contributed by atoms with Crippen LogP contribution < -0.4 is 80.0 Å². The maximum Gasteiger partial charge on any atom is 1.00 e. The predicted octanol–water partition coefficient (Wildman–Crippen LogP) is -5.92. The van der Waals surface area contributed by atoms with E-state index in [9.17, 15) is 48.6 Å². The van der Waals surface area contributed by atoms with E-state index >= 15 is 0 Å². The molecule has 16 nitrogen and oxygen atoms in total. The van der Waals surface area contributed by atoms with Gasteiger partial charge in [0.1, 0.15) is 11.9 Å². The molecule has 0 saturated heterocycles. The predicted molar refractivity (Wildman–Crippen MR) is 151 cm³/mol. The fraction of sp³-hybridized carbons (Fsp3) is 0.462. The number of aromatic nitrogens is 2. The van der Waals surface area contributed by atoms with Gasteiger partial charge in [0.2, 0.25) is 0 Å². The smallest absolute Gasteiger partial charge is 0.540 e. The number of Topliss-reactive ketones (excluding diaryl/α,β-unsaturated/α-hetero) is 2. The van der Waals surface area contributed by atoms with Gasteiger partial charge in [0.25, 0.3) is 11.8 Å². The van der Waals surface area contributed by atoms with Crippen molar-refractivity contribution in [1.29, 1.82) is 0 Å². The number of fused-ring (bicyclic) bond motifs is 2. The van der Waals surface area contributed by atoms with Crippen molar-refractivity contribution in [2.24, 2.45) is 10.8 Å². The molecule has 2 aliphatic rings. The second kappa shape index (κ2) is 16.0. The molecule has 2 N–H and O–H groups in total. The largest absolute Gasteiger partial charge is 1.00 e. The first-order chi connectivity index (χ1) is 20.2. The van der Waals surface area contributed by atoms with Crippen LogP contribution in [0.4, 0.5) is 19.9 Å². The van der Waals surface area contributed by atoms with Gasteiger partial charge in [-0.25, -0.2) is 19.6 Å². The number of thiazole rings is 2. The maximum absolute atomic E-state index is 12.0. The average molecular weight is 695 g/mol. The molecule has 4 rings (SSSR count). The average Bonchev–Trinajstić information content (AvgIpc) is 3.48. The minimum absolute atomic E-state index is 0. The Morgan fingerprint density at radius 1 is 0.652 bits per heavy atom. The van der Waals surface area contributed by atoms with Crippen LogP contribution >= 0.6 is 22.7 Å². The van der Waals surface area contributed by atoms with E-state index in [1.54, 1.807) is 0 Å². The van der Waals surface area contributed by atoms with Crippen molar-refractivity contribution < 1.29 is 108 Å². The van der Waals surface area contributed by atoms with Gasteiger partial charge >= 0.3 is 71.2 Å². The first-order valence-corrected chi connectivity index (χ1v) is 14.5. The number of amides is 6. The number of carbonyl (C=O) groups excluding carboxylic acids is 8. The summed E-state index contributed by atoms with van der Waals surface area (Å²) < 4.78 is 0. The molecule has 0 spiro atoms. The number of hydrogen-bond acceptors (Lipinski definition) is 14. The van der Waals surface area contributed by atoms with Crippen molar-refractivity contribution >= 4 is 80.3 Å². The quantitative estimate of drug-likeness (QED) is 0.221. The Hall–Kier alpha value is -2.58. The summed E-state index contributed by atoms with van der Waals surface area (Å²) in [7, 11) is 2.02. The second-order valence-corrected chi connectivity index (χ2v) is 13.6. The van der Waals surface area contributed by atoms with Crippen LogP contribution in [0.25, 0.3) is 0 Å². The molecule has 0 fully saturated rings. The number of aliphatic carboxylic acids is 2. The van der Waals surface area contributed by atoms with E-state index in [4.69, 9.17) is 0 Å². The Morgan fingerprint density at radius 3 is 1.24 bits per heavy atom. The summed E-state index contributed by atoms with van der Waals surface area (Å²) in [6.45, 7) is 7.82. The Morgan fingerprint density at radius 2 is 0.957 bits per heavy atom. The Bertz CT molecular complexity index is 1490. The van der Waals surface area contributed by atoms with Crippen molar-refractivity contribution in [2.45, 2.75) is 53.4 Å². The van der Waals surface area contributed by atoms with E-state index in [1.807, 2.05) is 27.7 Å². The van der Waals surface area contributed by atoms with Gasteiger partial charge in [0, 0.05) is 26.9 Å². The third-order valence-corrected chi connectivity index (χ3v) is 8.58. The minimum Gasteiger partial charge on any atom is -0.540 e. The van der Waals surface area contributed by atoms with Crippen molar-refractivity contribution in [3.05, 3.63) is 21.1 Å². The van der Waals surface area contributed by atoms with E-state index in [1.165, 1.54) is 0 Å². The number of likely N-dealkylation sites (N-methyl/N-ethyl adjacent to an activating group) is 2. The van der Waals surface area contributed by atoms with E-state index in [-0.39, 0.29) is 91.8 Å². The number of nitrogens with zero attached hydrogens (tertiary/aromatic N) is 4. The van der Waals surface area contributed by atoms with Gasteiger partial charge in [-0.15, -0.1) is 0 Å². The van der Waals surface area contributed by atoms with Gasteiger partial charge in [-0.1, -0.05) is 50.4 Å². The second-order valence-electron chi connectivity index (χ2n) is 11.6. The zero-order valence-electron chi connectivity index (χ0n) is 26.5. The molecule has 0 radical (unpaired) electrons. The Kier molecular flexibility index (Phi) is 14.4. The van der Waals surface area contributed by atoms with E-state index < -0.39 is 35.8 Å².